The van der Waals surface area contributed by atoms with Crippen LogP contribution in [0.5, 0.6) is 0 Å². The Morgan fingerprint density at radius 2 is 1.85 bits per heavy atom. The Balaban J connectivity index is 2.16. The van der Waals surface area contributed by atoms with E-state index in [2.05, 4.69) is 5.32 Å². The highest BCUT2D eigenvalue weighted by Gasteiger charge is 2.14. The summed E-state index contributed by atoms with van der Waals surface area (Å²) >= 11 is 0. The summed E-state index contributed by atoms with van der Waals surface area (Å²) in [7, 11) is -3.22. The molecule has 1 aromatic carbocycles. The van der Waals surface area contributed by atoms with Crippen molar-refractivity contribution in [3.05, 3.63) is 47.9 Å². The van der Waals surface area contributed by atoms with Crippen LogP contribution in [0.1, 0.15) is 23.0 Å². The lowest BCUT2D eigenvalue weighted by molar-refractivity contribution is 0.0996. The molecular weight excluding hydrogens is 278 g/mol. The molecule has 0 fully saturated rings. The van der Waals surface area contributed by atoms with Gasteiger partial charge in [-0.15, -0.1) is 0 Å². The zero-order valence-corrected chi connectivity index (χ0v) is 12.0. The van der Waals surface area contributed by atoms with Crippen LogP contribution in [0.2, 0.25) is 0 Å². The Labute approximate surface area is 117 Å². The molecule has 5 nitrogen and oxygen atoms in total. The number of sulfone groups is 1. The third kappa shape index (κ3) is 2.91. The van der Waals surface area contributed by atoms with Crippen LogP contribution >= 0.6 is 0 Å². The van der Waals surface area contributed by atoms with Crippen molar-refractivity contribution < 1.29 is 17.6 Å². The van der Waals surface area contributed by atoms with Gasteiger partial charge in [0, 0.05) is 11.3 Å². The van der Waals surface area contributed by atoms with Crippen LogP contribution in [0.3, 0.4) is 0 Å². The number of nitrogens with one attached hydrogen (secondary N) is 1. The molecule has 0 saturated carbocycles. The van der Waals surface area contributed by atoms with Crippen molar-refractivity contribution in [1.82, 2.24) is 0 Å². The first-order valence-electron chi connectivity index (χ1n) is 6.12. The van der Waals surface area contributed by atoms with Crippen LogP contribution in [0.15, 0.2) is 45.9 Å². The lowest BCUT2D eigenvalue weighted by atomic mass is 10.2. The Hall–Kier alpha value is -2.08. The van der Waals surface area contributed by atoms with E-state index in [1.165, 1.54) is 18.4 Å². The van der Waals surface area contributed by atoms with Gasteiger partial charge in [-0.25, -0.2) is 8.42 Å². The fraction of sp³-hybridized carbons (Fsp3) is 0.214. The molecule has 1 aromatic heterocycles. The van der Waals surface area contributed by atoms with Gasteiger partial charge in [0.05, 0.1) is 16.9 Å². The maximum absolute atomic E-state index is 11.9. The maximum Gasteiger partial charge on any atom is 0.291 e. The molecule has 2 aromatic rings. The number of aryl methyl sites for hydroxylation is 1. The predicted octanol–water partition coefficient (Wildman–Crippen LogP) is 2.63. The van der Waals surface area contributed by atoms with Gasteiger partial charge < -0.3 is 9.73 Å². The molecule has 0 aliphatic carbocycles. The van der Waals surface area contributed by atoms with E-state index >= 15 is 0 Å². The summed E-state index contributed by atoms with van der Waals surface area (Å²) in [6.07, 6.45) is 1.45. The minimum absolute atomic E-state index is 0.0459. The second-order valence-electron chi connectivity index (χ2n) is 4.31. The molecule has 0 atom stereocenters. The average Bonchev–Trinajstić information content (AvgIpc) is 2.85. The third-order valence-corrected chi connectivity index (χ3v) is 4.67. The quantitative estimate of drug-likeness (QED) is 0.940. The molecule has 0 aliphatic rings. The second-order valence-corrected chi connectivity index (χ2v) is 6.59. The molecule has 0 spiro atoms. The van der Waals surface area contributed by atoms with E-state index in [4.69, 9.17) is 4.42 Å². The molecule has 6 heteroatoms. The average molecular weight is 293 g/mol. The highest BCUT2D eigenvalue weighted by atomic mass is 32.2. The van der Waals surface area contributed by atoms with Gasteiger partial charge in [0.25, 0.3) is 5.91 Å². The Kier molecular flexibility index (Phi) is 3.94. The van der Waals surface area contributed by atoms with E-state index in [0.29, 0.717) is 5.69 Å². The van der Waals surface area contributed by atoms with Crippen molar-refractivity contribution in [1.29, 1.82) is 0 Å². The van der Waals surface area contributed by atoms with E-state index in [-0.39, 0.29) is 22.3 Å². The molecule has 106 valence electrons. The third-order valence-electron chi connectivity index (χ3n) is 2.92. The summed E-state index contributed by atoms with van der Waals surface area (Å²) in [6.45, 7) is 3.36. The van der Waals surface area contributed by atoms with E-state index in [1.54, 1.807) is 32.0 Å². The van der Waals surface area contributed by atoms with Gasteiger partial charge in [-0.1, -0.05) is 6.92 Å². The summed E-state index contributed by atoms with van der Waals surface area (Å²) < 4.78 is 28.4. The van der Waals surface area contributed by atoms with Gasteiger partial charge >= 0.3 is 0 Å². The fourth-order valence-electron chi connectivity index (χ4n) is 1.71. The molecule has 1 N–H and O–H groups in total. The number of furan rings is 1. The zero-order chi connectivity index (χ0) is 14.8. The summed E-state index contributed by atoms with van der Waals surface area (Å²) in [5, 5.41) is 2.65. The number of amides is 1. The van der Waals surface area contributed by atoms with E-state index in [0.717, 1.165) is 5.56 Å². The summed E-state index contributed by atoms with van der Waals surface area (Å²) in [6, 6.07) is 7.76. The van der Waals surface area contributed by atoms with Crippen molar-refractivity contribution in [3.8, 4) is 0 Å². The highest BCUT2D eigenvalue weighted by molar-refractivity contribution is 7.91. The molecule has 0 unspecified atom stereocenters. The highest BCUT2D eigenvalue weighted by Crippen LogP contribution is 2.17. The van der Waals surface area contributed by atoms with E-state index < -0.39 is 9.84 Å². The predicted molar refractivity (Wildman–Crippen MR) is 75.6 cm³/mol. The Morgan fingerprint density at radius 3 is 2.35 bits per heavy atom. The standard InChI is InChI=1S/C14H15NO4S/c1-3-20(17,18)12-6-4-11(5-7-12)15-14(16)13-10(2)8-9-19-13/h4-9H,3H2,1-2H3,(H,15,16). The smallest absolute Gasteiger partial charge is 0.291 e. The van der Waals surface area contributed by atoms with Gasteiger partial charge in [-0.2, -0.15) is 0 Å². The number of hydrogen-bond acceptors (Lipinski definition) is 4. The van der Waals surface area contributed by atoms with Gasteiger partial charge in [0.2, 0.25) is 0 Å². The number of benzene rings is 1. The summed E-state index contributed by atoms with van der Waals surface area (Å²) in [4.78, 5) is 12.2. The van der Waals surface area contributed by atoms with Crippen LogP contribution < -0.4 is 5.32 Å². The molecule has 0 radical (unpaired) electrons. The van der Waals surface area contributed by atoms with Crippen LogP contribution in [0, 0.1) is 6.92 Å². The first-order valence-corrected chi connectivity index (χ1v) is 7.77. The molecular formula is C14H15NO4S. The summed E-state index contributed by atoms with van der Waals surface area (Å²) in [5.41, 5.74) is 1.26. The normalized spacial score (nSPS) is 11.3. The van der Waals surface area contributed by atoms with Gasteiger partial charge in [-0.3, -0.25) is 4.79 Å². The minimum atomic E-state index is -3.22. The van der Waals surface area contributed by atoms with Crippen LogP contribution in [-0.4, -0.2) is 20.1 Å². The van der Waals surface area contributed by atoms with Crippen molar-refractivity contribution >= 4 is 21.4 Å². The van der Waals surface area contributed by atoms with E-state index in [9.17, 15) is 13.2 Å². The van der Waals surface area contributed by atoms with Gasteiger partial charge in [-0.05, 0) is 37.3 Å². The van der Waals surface area contributed by atoms with Crippen LogP contribution in [-0.2, 0) is 9.84 Å². The number of rotatable bonds is 4. The van der Waals surface area contributed by atoms with Crippen LogP contribution in [0.25, 0.3) is 0 Å². The Bertz CT molecular complexity index is 714. The topological polar surface area (TPSA) is 76.4 Å². The number of hydrogen-bond donors (Lipinski definition) is 1. The molecule has 0 saturated heterocycles. The van der Waals surface area contributed by atoms with Crippen LogP contribution in [0.4, 0.5) is 5.69 Å². The largest absolute Gasteiger partial charge is 0.459 e. The molecule has 1 amide bonds. The molecule has 20 heavy (non-hydrogen) atoms. The lowest BCUT2D eigenvalue weighted by Crippen LogP contribution is -2.12. The van der Waals surface area contributed by atoms with Gasteiger partial charge in [0.1, 0.15) is 0 Å². The van der Waals surface area contributed by atoms with Crippen molar-refractivity contribution in [3.63, 3.8) is 0 Å². The molecule has 0 aliphatic heterocycles. The van der Waals surface area contributed by atoms with Crippen molar-refractivity contribution in [2.24, 2.45) is 0 Å². The summed E-state index contributed by atoms with van der Waals surface area (Å²) in [5.74, 6) is -0.0709. The maximum atomic E-state index is 11.9. The van der Waals surface area contributed by atoms with Crippen molar-refractivity contribution in [2.75, 3.05) is 11.1 Å². The first-order chi connectivity index (χ1) is 9.44. The van der Waals surface area contributed by atoms with E-state index in [1.807, 2.05) is 0 Å². The first kappa shape index (κ1) is 14.3. The SMILES string of the molecule is CCS(=O)(=O)c1ccc(NC(=O)c2occc2C)cc1. The number of carbonyl (C=O) groups is 1. The Morgan fingerprint density at radius 1 is 1.20 bits per heavy atom. The fourth-order valence-corrected chi connectivity index (χ4v) is 2.59. The molecule has 1 heterocycles. The molecule has 2 rings (SSSR count). The lowest BCUT2D eigenvalue weighted by Gasteiger charge is -2.06. The number of anilines is 1. The number of carbonyl (C=O) groups excluding carboxylic acids is 1. The minimum Gasteiger partial charge on any atom is -0.459 e. The second kappa shape index (κ2) is 5.50. The van der Waals surface area contributed by atoms with Crippen molar-refractivity contribution in [2.45, 2.75) is 18.7 Å². The van der Waals surface area contributed by atoms with Gasteiger partial charge in [0.15, 0.2) is 15.6 Å². The molecule has 0 bridgehead atoms. The monoisotopic (exact) mass is 293 g/mol. The zero-order valence-electron chi connectivity index (χ0n) is 11.2.